The molecule has 0 aliphatic heterocycles. The van der Waals surface area contributed by atoms with Gasteiger partial charge in [-0.05, 0) is 30.3 Å². The second-order valence-electron chi connectivity index (χ2n) is 3.59. The molecule has 1 aromatic carbocycles. The first-order valence-electron chi connectivity index (χ1n) is 4.89. The van der Waals surface area contributed by atoms with Crippen LogP contribution < -0.4 is 5.76 Å². The minimum Gasteiger partial charge on any atom is -0.464 e. The van der Waals surface area contributed by atoms with Crippen molar-refractivity contribution in [2.24, 2.45) is 7.05 Å². The Balaban J connectivity index is 2.30. The van der Waals surface area contributed by atoms with E-state index in [1.54, 1.807) is 19.4 Å². The molecule has 16 heavy (non-hydrogen) atoms. The summed E-state index contributed by atoms with van der Waals surface area (Å²) in [5, 5.41) is 0. The van der Waals surface area contributed by atoms with E-state index in [1.807, 2.05) is 24.3 Å². The molecule has 3 rings (SSSR count). The van der Waals surface area contributed by atoms with Crippen molar-refractivity contribution in [3.8, 4) is 11.3 Å². The Hall–Kier alpha value is -2.23. The lowest BCUT2D eigenvalue weighted by Crippen LogP contribution is -2.08. The summed E-state index contributed by atoms with van der Waals surface area (Å²) >= 11 is 0. The summed E-state index contributed by atoms with van der Waals surface area (Å²) in [5.74, 6) is 0.419. The molecule has 0 saturated heterocycles. The minimum absolute atomic E-state index is 0.355. The van der Waals surface area contributed by atoms with Crippen LogP contribution in [-0.4, -0.2) is 4.57 Å². The highest BCUT2D eigenvalue weighted by atomic mass is 16.4. The van der Waals surface area contributed by atoms with Crippen LogP contribution in [0.5, 0.6) is 0 Å². The van der Waals surface area contributed by atoms with Gasteiger partial charge in [0, 0.05) is 12.6 Å². The number of hydrogen-bond acceptors (Lipinski definition) is 3. The van der Waals surface area contributed by atoms with Gasteiger partial charge in [-0.1, -0.05) is 0 Å². The van der Waals surface area contributed by atoms with E-state index in [0.717, 1.165) is 16.8 Å². The van der Waals surface area contributed by atoms with Gasteiger partial charge in [-0.25, -0.2) is 4.79 Å². The number of fused-ring (bicyclic) bond motifs is 1. The van der Waals surface area contributed by atoms with Crippen molar-refractivity contribution in [3.05, 3.63) is 47.1 Å². The zero-order chi connectivity index (χ0) is 11.1. The van der Waals surface area contributed by atoms with Gasteiger partial charge in [0.15, 0.2) is 5.58 Å². The molecule has 0 saturated carbocycles. The van der Waals surface area contributed by atoms with Gasteiger partial charge in [0.05, 0.1) is 11.8 Å². The predicted octanol–water partition coefficient (Wildman–Crippen LogP) is 2.39. The highest BCUT2D eigenvalue weighted by molar-refractivity contribution is 5.79. The molecule has 80 valence electrons. The predicted molar refractivity (Wildman–Crippen MR) is 59.2 cm³/mol. The van der Waals surface area contributed by atoms with E-state index in [2.05, 4.69) is 0 Å². The van der Waals surface area contributed by atoms with Crippen LogP contribution in [0.4, 0.5) is 0 Å². The maximum absolute atomic E-state index is 11.3. The van der Waals surface area contributed by atoms with E-state index in [1.165, 1.54) is 4.57 Å². The summed E-state index contributed by atoms with van der Waals surface area (Å²) in [6.07, 6.45) is 1.62. The molecule has 0 amide bonds. The Kier molecular flexibility index (Phi) is 1.77. The number of nitrogens with zero attached hydrogens (tertiary/aromatic N) is 1. The SMILES string of the molecule is Cn1c(=O)oc2ccc(-c3ccco3)cc21. The third-order valence-electron chi connectivity index (χ3n) is 2.60. The maximum atomic E-state index is 11.3. The Morgan fingerprint density at radius 3 is 2.88 bits per heavy atom. The average Bonchev–Trinajstić information content (AvgIpc) is 2.89. The summed E-state index contributed by atoms with van der Waals surface area (Å²) in [6, 6.07) is 9.21. The monoisotopic (exact) mass is 215 g/mol. The standard InChI is InChI=1S/C12H9NO3/c1-13-9-7-8(10-3-2-6-15-10)4-5-11(9)16-12(13)14/h2-7H,1H3. The summed E-state index contributed by atoms with van der Waals surface area (Å²) < 4.78 is 11.8. The second kappa shape index (κ2) is 3.13. The largest absolute Gasteiger partial charge is 0.464 e. The molecule has 0 unspecified atom stereocenters. The fraction of sp³-hybridized carbons (Fsp3) is 0.0833. The normalized spacial score (nSPS) is 11.1. The van der Waals surface area contributed by atoms with Gasteiger partial charge in [0.25, 0.3) is 0 Å². The molecular weight excluding hydrogens is 206 g/mol. The third-order valence-corrected chi connectivity index (χ3v) is 2.60. The van der Waals surface area contributed by atoms with Gasteiger partial charge in [-0.2, -0.15) is 0 Å². The van der Waals surface area contributed by atoms with Crippen molar-refractivity contribution in [3.63, 3.8) is 0 Å². The van der Waals surface area contributed by atoms with Crippen molar-refractivity contribution < 1.29 is 8.83 Å². The molecule has 2 heterocycles. The van der Waals surface area contributed by atoms with Crippen LogP contribution in [0.25, 0.3) is 22.4 Å². The quantitative estimate of drug-likeness (QED) is 0.626. The molecule has 0 spiro atoms. The zero-order valence-electron chi connectivity index (χ0n) is 8.64. The van der Waals surface area contributed by atoms with Crippen molar-refractivity contribution >= 4 is 11.1 Å². The molecule has 3 aromatic rings. The van der Waals surface area contributed by atoms with Crippen molar-refractivity contribution in [2.45, 2.75) is 0 Å². The lowest BCUT2D eigenvalue weighted by Gasteiger charge is -1.97. The van der Waals surface area contributed by atoms with Crippen molar-refractivity contribution in [1.82, 2.24) is 4.57 Å². The number of aryl methyl sites for hydroxylation is 1. The molecule has 2 aromatic heterocycles. The first-order valence-corrected chi connectivity index (χ1v) is 4.89. The number of aromatic nitrogens is 1. The zero-order valence-corrected chi connectivity index (χ0v) is 8.64. The highest BCUT2D eigenvalue weighted by Gasteiger charge is 2.08. The molecule has 4 nitrogen and oxygen atoms in total. The first kappa shape index (κ1) is 9.03. The van der Waals surface area contributed by atoms with Crippen LogP contribution in [0.2, 0.25) is 0 Å². The molecule has 0 radical (unpaired) electrons. The van der Waals surface area contributed by atoms with E-state index < -0.39 is 0 Å². The van der Waals surface area contributed by atoms with Gasteiger partial charge < -0.3 is 8.83 Å². The second-order valence-corrected chi connectivity index (χ2v) is 3.59. The molecule has 0 fully saturated rings. The lowest BCUT2D eigenvalue weighted by molar-refractivity contribution is 0.528. The lowest BCUT2D eigenvalue weighted by atomic mass is 10.1. The first-order chi connectivity index (χ1) is 7.75. The fourth-order valence-electron chi connectivity index (χ4n) is 1.72. The summed E-state index contributed by atoms with van der Waals surface area (Å²) in [5.41, 5.74) is 2.27. The molecule has 0 aliphatic rings. The molecule has 0 atom stereocenters. The average molecular weight is 215 g/mol. The van der Waals surface area contributed by atoms with Crippen LogP contribution in [0.1, 0.15) is 0 Å². The third kappa shape index (κ3) is 1.20. The van der Waals surface area contributed by atoms with Crippen molar-refractivity contribution in [1.29, 1.82) is 0 Å². The van der Waals surface area contributed by atoms with E-state index >= 15 is 0 Å². The van der Waals surface area contributed by atoms with E-state index in [4.69, 9.17) is 8.83 Å². The van der Waals surface area contributed by atoms with Gasteiger partial charge in [-0.3, -0.25) is 4.57 Å². The van der Waals surface area contributed by atoms with Gasteiger partial charge >= 0.3 is 5.76 Å². The highest BCUT2D eigenvalue weighted by Crippen LogP contribution is 2.23. The number of benzene rings is 1. The van der Waals surface area contributed by atoms with Gasteiger partial charge in [0.2, 0.25) is 0 Å². The van der Waals surface area contributed by atoms with Gasteiger partial charge in [0.1, 0.15) is 5.76 Å². The number of hydrogen-bond donors (Lipinski definition) is 0. The van der Waals surface area contributed by atoms with Crippen LogP contribution in [0.3, 0.4) is 0 Å². The minimum atomic E-state index is -0.355. The van der Waals surface area contributed by atoms with Crippen molar-refractivity contribution in [2.75, 3.05) is 0 Å². The summed E-state index contributed by atoms with van der Waals surface area (Å²) in [7, 11) is 1.68. The van der Waals surface area contributed by atoms with Crippen LogP contribution >= 0.6 is 0 Å². The molecule has 4 heteroatoms. The topological polar surface area (TPSA) is 48.3 Å². The number of rotatable bonds is 1. The van der Waals surface area contributed by atoms with Crippen LogP contribution in [0.15, 0.2) is 50.2 Å². The fourth-order valence-corrected chi connectivity index (χ4v) is 1.72. The number of oxazole rings is 1. The van der Waals surface area contributed by atoms with E-state index in [-0.39, 0.29) is 5.76 Å². The Bertz CT molecular complexity index is 689. The summed E-state index contributed by atoms with van der Waals surface area (Å²) in [4.78, 5) is 11.3. The molecule has 0 bridgehead atoms. The van der Waals surface area contributed by atoms with Crippen LogP contribution in [0, 0.1) is 0 Å². The Morgan fingerprint density at radius 2 is 2.12 bits per heavy atom. The Morgan fingerprint density at radius 1 is 1.25 bits per heavy atom. The maximum Gasteiger partial charge on any atom is 0.419 e. The smallest absolute Gasteiger partial charge is 0.419 e. The molecule has 0 aliphatic carbocycles. The summed E-state index contributed by atoms with van der Waals surface area (Å²) in [6.45, 7) is 0. The Labute approximate surface area is 90.7 Å². The molecular formula is C12H9NO3. The van der Waals surface area contributed by atoms with E-state index in [0.29, 0.717) is 5.58 Å². The number of furan rings is 1. The van der Waals surface area contributed by atoms with E-state index in [9.17, 15) is 4.79 Å². The molecule has 0 N–H and O–H groups in total. The van der Waals surface area contributed by atoms with Gasteiger partial charge in [-0.15, -0.1) is 0 Å². The van der Waals surface area contributed by atoms with Crippen LogP contribution in [-0.2, 0) is 7.05 Å².